The maximum atomic E-state index is 3.54. The number of hydrogen-bond donors (Lipinski definition) is 0. The van der Waals surface area contributed by atoms with Crippen molar-refractivity contribution in [3.05, 3.63) is 222 Å². The molecule has 0 saturated carbocycles. The summed E-state index contributed by atoms with van der Waals surface area (Å²) in [6, 6.07) is 71.6. The summed E-state index contributed by atoms with van der Waals surface area (Å²) in [7, 11) is 0. The van der Waals surface area contributed by atoms with E-state index in [0.717, 1.165) is 39.3 Å². The van der Waals surface area contributed by atoms with Gasteiger partial charge < -0.3 is 4.90 Å². The molecular formula is C47H37N. The van der Waals surface area contributed by atoms with Gasteiger partial charge in [0.2, 0.25) is 0 Å². The first-order valence-electron chi connectivity index (χ1n) is 16.6. The fourth-order valence-corrected chi connectivity index (χ4v) is 6.21. The summed E-state index contributed by atoms with van der Waals surface area (Å²) in [4.78, 5) is 2.29. The van der Waals surface area contributed by atoms with Crippen LogP contribution in [0.2, 0.25) is 0 Å². The second-order valence-electron chi connectivity index (χ2n) is 12.2. The van der Waals surface area contributed by atoms with Crippen LogP contribution >= 0.6 is 0 Å². The smallest absolute Gasteiger partial charge is 0.0462 e. The number of hydrogen-bond acceptors (Lipinski definition) is 1. The summed E-state index contributed by atoms with van der Waals surface area (Å²) < 4.78 is 0. The molecule has 48 heavy (non-hydrogen) atoms. The van der Waals surface area contributed by atoms with Gasteiger partial charge in [0, 0.05) is 33.8 Å². The van der Waals surface area contributed by atoms with Gasteiger partial charge in [0.1, 0.15) is 0 Å². The SMILES string of the molecule is CC(C)c1c#cc(C(=C(c2ccccc2)c2ccccc2)c2ccc(-c3ccc(N(c4ccccc4)c4ccccc4)cc3)cc2)cc1. The van der Waals surface area contributed by atoms with Crippen molar-refractivity contribution in [2.45, 2.75) is 19.8 Å². The minimum Gasteiger partial charge on any atom is -0.311 e. The van der Waals surface area contributed by atoms with Crippen molar-refractivity contribution >= 4 is 28.2 Å². The highest BCUT2D eigenvalue weighted by Gasteiger charge is 2.17. The number of rotatable bonds is 9. The summed E-state index contributed by atoms with van der Waals surface area (Å²) >= 11 is 0. The Labute approximate surface area is 285 Å². The van der Waals surface area contributed by atoms with E-state index in [1.54, 1.807) is 0 Å². The van der Waals surface area contributed by atoms with Crippen LogP contribution in [0.4, 0.5) is 17.1 Å². The Bertz CT molecular complexity index is 2000. The normalized spacial score (nSPS) is 10.7. The van der Waals surface area contributed by atoms with Crippen molar-refractivity contribution in [3.8, 4) is 11.1 Å². The third kappa shape index (κ3) is 6.57. The minimum absolute atomic E-state index is 0.392. The molecular weight excluding hydrogens is 579 g/mol. The number of nitrogens with zero attached hydrogens (tertiary/aromatic N) is 1. The van der Waals surface area contributed by atoms with E-state index < -0.39 is 0 Å². The Morgan fingerprint density at radius 3 is 1.25 bits per heavy atom. The Hall–Kier alpha value is -6.10. The van der Waals surface area contributed by atoms with E-state index in [0.29, 0.717) is 5.92 Å². The standard InChI is InChI=1S/C47H37N/c1-35(2)36-23-27-41(28-24-36)47(46(39-15-7-3-8-16-39)40-17-9-4-10-18-40)42-29-25-37(26-30-42)38-31-33-45(34-32-38)48(43-19-11-5-12-20-43)44-21-13-6-14-22-44/h3-23,25-27,29-35H,1-2H3. The van der Waals surface area contributed by atoms with Crippen LogP contribution in [0.1, 0.15) is 47.6 Å². The fourth-order valence-electron chi connectivity index (χ4n) is 6.21. The second-order valence-corrected chi connectivity index (χ2v) is 12.2. The maximum absolute atomic E-state index is 3.54. The number of benzene rings is 6. The Kier molecular flexibility index (Phi) is 8.99. The van der Waals surface area contributed by atoms with Crippen LogP contribution in [-0.4, -0.2) is 0 Å². The second kappa shape index (κ2) is 14.1. The van der Waals surface area contributed by atoms with Crippen molar-refractivity contribution in [1.29, 1.82) is 0 Å². The minimum atomic E-state index is 0.392. The van der Waals surface area contributed by atoms with E-state index in [1.165, 1.54) is 27.8 Å². The van der Waals surface area contributed by atoms with E-state index in [-0.39, 0.29) is 0 Å². The van der Waals surface area contributed by atoms with Gasteiger partial charge in [-0.3, -0.25) is 0 Å². The Balaban J connectivity index is 1.30. The molecule has 0 spiro atoms. The lowest BCUT2D eigenvalue weighted by atomic mass is 9.85. The van der Waals surface area contributed by atoms with Gasteiger partial charge in [-0.05, 0) is 87.8 Å². The highest BCUT2D eigenvalue weighted by Crippen LogP contribution is 2.38. The third-order valence-electron chi connectivity index (χ3n) is 8.70. The van der Waals surface area contributed by atoms with Crippen molar-refractivity contribution in [3.63, 3.8) is 0 Å². The first kappa shape index (κ1) is 30.5. The molecule has 7 aromatic rings. The lowest BCUT2D eigenvalue weighted by Crippen LogP contribution is -2.09. The van der Waals surface area contributed by atoms with Gasteiger partial charge in [-0.1, -0.05) is 159 Å². The molecule has 0 radical (unpaired) electrons. The van der Waals surface area contributed by atoms with Gasteiger partial charge in [-0.25, -0.2) is 0 Å². The molecule has 0 N–H and O–H groups in total. The molecule has 0 saturated heterocycles. The van der Waals surface area contributed by atoms with Crippen molar-refractivity contribution in [2.75, 3.05) is 4.90 Å². The van der Waals surface area contributed by atoms with Crippen LogP contribution in [0.15, 0.2) is 182 Å². The van der Waals surface area contributed by atoms with E-state index in [9.17, 15) is 0 Å². The van der Waals surface area contributed by atoms with Crippen LogP contribution < -0.4 is 4.90 Å². The largest absolute Gasteiger partial charge is 0.311 e. The zero-order valence-electron chi connectivity index (χ0n) is 27.3. The molecule has 0 aliphatic carbocycles. The molecule has 0 bridgehead atoms. The first-order valence-corrected chi connectivity index (χ1v) is 16.6. The van der Waals surface area contributed by atoms with E-state index in [2.05, 4.69) is 213 Å². The summed E-state index contributed by atoms with van der Waals surface area (Å²) in [5, 5.41) is 0. The molecule has 0 amide bonds. The third-order valence-corrected chi connectivity index (χ3v) is 8.70. The summed E-state index contributed by atoms with van der Waals surface area (Å²) in [6.45, 7) is 4.39. The highest BCUT2D eigenvalue weighted by molar-refractivity contribution is 6.04. The lowest BCUT2D eigenvalue weighted by Gasteiger charge is -2.25. The van der Waals surface area contributed by atoms with Crippen molar-refractivity contribution in [2.24, 2.45) is 0 Å². The zero-order valence-corrected chi connectivity index (χ0v) is 27.3. The van der Waals surface area contributed by atoms with Gasteiger partial charge in [0.05, 0.1) is 0 Å². The molecule has 230 valence electrons. The highest BCUT2D eigenvalue weighted by atomic mass is 15.1. The maximum Gasteiger partial charge on any atom is 0.0462 e. The quantitative estimate of drug-likeness (QED) is 0.146. The van der Waals surface area contributed by atoms with Crippen LogP contribution in [0.5, 0.6) is 0 Å². The van der Waals surface area contributed by atoms with Gasteiger partial charge in [-0.15, -0.1) is 0 Å². The molecule has 1 nitrogen and oxygen atoms in total. The van der Waals surface area contributed by atoms with Crippen molar-refractivity contribution < 1.29 is 0 Å². The van der Waals surface area contributed by atoms with Crippen LogP contribution in [0, 0.1) is 12.1 Å². The van der Waals surface area contributed by atoms with Crippen LogP contribution in [0.3, 0.4) is 0 Å². The van der Waals surface area contributed by atoms with Crippen molar-refractivity contribution in [1.82, 2.24) is 0 Å². The molecule has 0 aliphatic rings. The van der Waals surface area contributed by atoms with E-state index in [4.69, 9.17) is 0 Å². The molecule has 0 heterocycles. The van der Waals surface area contributed by atoms with Gasteiger partial charge in [0.15, 0.2) is 0 Å². The molecule has 0 fully saturated rings. The molecule has 0 aromatic heterocycles. The fraction of sp³-hybridized carbons (Fsp3) is 0.0638. The molecule has 0 aliphatic heterocycles. The molecule has 7 aromatic carbocycles. The monoisotopic (exact) mass is 615 g/mol. The van der Waals surface area contributed by atoms with Gasteiger partial charge >= 0.3 is 0 Å². The lowest BCUT2D eigenvalue weighted by molar-refractivity contribution is 0.867. The average molecular weight is 616 g/mol. The zero-order chi connectivity index (χ0) is 32.7. The average Bonchev–Trinajstić information content (AvgIpc) is 3.16. The predicted octanol–water partition coefficient (Wildman–Crippen LogP) is 12.6. The summed E-state index contributed by atoms with van der Waals surface area (Å²) in [5.41, 5.74) is 13.7. The van der Waals surface area contributed by atoms with E-state index >= 15 is 0 Å². The van der Waals surface area contributed by atoms with Gasteiger partial charge in [-0.2, -0.15) is 0 Å². The van der Waals surface area contributed by atoms with Crippen LogP contribution in [-0.2, 0) is 0 Å². The Morgan fingerprint density at radius 1 is 0.396 bits per heavy atom. The Morgan fingerprint density at radius 2 is 0.812 bits per heavy atom. The molecule has 0 atom stereocenters. The molecule has 0 unspecified atom stereocenters. The summed E-state index contributed by atoms with van der Waals surface area (Å²) in [6.07, 6.45) is 0. The molecule has 1 heteroatoms. The summed E-state index contributed by atoms with van der Waals surface area (Å²) in [5.74, 6) is 0.392. The number of para-hydroxylation sites is 2. The molecule has 7 rings (SSSR count). The van der Waals surface area contributed by atoms with Gasteiger partial charge in [0.25, 0.3) is 0 Å². The number of anilines is 3. The van der Waals surface area contributed by atoms with Crippen LogP contribution in [0.25, 0.3) is 22.3 Å². The first-order chi connectivity index (χ1) is 23.7. The van der Waals surface area contributed by atoms with E-state index in [1.807, 2.05) is 0 Å². The predicted molar refractivity (Wildman–Crippen MR) is 203 cm³/mol. The topological polar surface area (TPSA) is 3.24 Å².